The number of fused-ring (bicyclic) bond motifs is 4. The maximum Gasteiger partial charge on any atom is 0.144 e. The SMILES string of the molecule is OC1CN(c2cc(Cl)ccc2Cl)C2=C1c1nc3ccccc3n1CN2. The van der Waals surface area contributed by atoms with Crippen molar-refractivity contribution >= 4 is 45.5 Å². The van der Waals surface area contributed by atoms with Crippen LogP contribution in [0.5, 0.6) is 0 Å². The number of rotatable bonds is 1. The quantitative estimate of drug-likeness (QED) is 0.686. The fourth-order valence-corrected chi connectivity index (χ4v) is 4.00. The number of aliphatic hydroxyl groups is 1. The van der Waals surface area contributed by atoms with Crippen LogP contribution in [0.4, 0.5) is 5.69 Å². The molecular formula is C18H14Cl2N4O. The van der Waals surface area contributed by atoms with Crippen molar-refractivity contribution in [1.29, 1.82) is 0 Å². The molecule has 5 rings (SSSR count). The molecule has 2 N–H and O–H groups in total. The molecule has 3 heterocycles. The van der Waals surface area contributed by atoms with Crippen molar-refractivity contribution in [2.24, 2.45) is 0 Å². The second-order valence-corrected chi connectivity index (χ2v) is 7.02. The largest absolute Gasteiger partial charge is 0.386 e. The zero-order valence-electron chi connectivity index (χ0n) is 13.1. The molecule has 0 spiro atoms. The molecule has 0 fully saturated rings. The molecule has 7 heteroatoms. The van der Waals surface area contributed by atoms with Gasteiger partial charge in [-0.3, -0.25) is 0 Å². The second kappa shape index (κ2) is 5.39. The minimum atomic E-state index is -0.659. The molecule has 2 aliphatic rings. The van der Waals surface area contributed by atoms with Gasteiger partial charge in [0.15, 0.2) is 0 Å². The predicted octanol–water partition coefficient (Wildman–Crippen LogP) is 3.45. The Hall–Kier alpha value is -2.21. The minimum Gasteiger partial charge on any atom is -0.386 e. The number of imidazole rings is 1. The summed E-state index contributed by atoms with van der Waals surface area (Å²) in [6.07, 6.45) is -0.659. The molecule has 0 amide bonds. The van der Waals surface area contributed by atoms with Gasteiger partial charge in [0.05, 0.1) is 40.5 Å². The summed E-state index contributed by atoms with van der Waals surface area (Å²) in [5, 5.41) is 15.3. The third-order valence-corrected chi connectivity index (χ3v) is 5.27. The summed E-state index contributed by atoms with van der Waals surface area (Å²) >= 11 is 12.5. The van der Waals surface area contributed by atoms with Gasteiger partial charge >= 0.3 is 0 Å². The zero-order chi connectivity index (χ0) is 17.1. The molecule has 2 aromatic carbocycles. The Morgan fingerprint density at radius 1 is 1.16 bits per heavy atom. The molecule has 0 aliphatic carbocycles. The smallest absolute Gasteiger partial charge is 0.144 e. The monoisotopic (exact) mass is 372 g/mol. The summed E-state index contributed by atoms with van der Waals surface area (Å²) in [6, 6.07) is 13.3. The first kappa shape index (κ1) is 15.1. The van der Waals surface area contributed by atoms with Crippen LogP contribution in [0.25, 0.3) is 16.6 Å². The van der Waals surface area contributed by atoms with E-state index in [1.54, 1.807) is 12.1 Å². The van der Waals surface area contributed by atoms with Crippen molar-refractivity contribution in [2.75, 3.05) is 11.4 Å². The van der Waals surface area contributed by atoms with Gasteiger partial charge < -0.3 is 19.9 Å². The highest BCUT2D eigenvalue weighted by Gasteiger charge is 2.38. The summed E-state index contributed by atoms with van der Waals surface area (Å²) in [6.45, 7) is 0.983. The van der Waals surface area contributed by atoms with Crippen LogP contribution in [0.15, 0.2) is 48.3 Å². The third kappa shape index (κ3) is 2.16. The van der Waals surface area contributed by atoms with Gasteiger partial charge in [0.25, 0.3) is 0 Å². The maximum absolute atomic E-state index is 10.7. The molecule has 3 aromatic rings. The molecule has 5 nitrogen and oxygen atoms in total. The number of halogens is 2. The number of β-amino-alcohol motifs (C(OH)–C–C–N with tert-alkyl or cyclic N) is 1. The Bertz CT molecular complexity index is 1040. The highest BCUT2D eigenvalue weighted by molar-refractivity contribution is 6.35. The van der Waals surface area contributed by atoms with Crippen molar-refractivity contribution in [2.45, 2.75) is 12.8 Å². The lowest BCUT2D eigenvalue weighted by Gasteiger charge is -2.27. The lowest BCUT2D eigenvalue weighted by molar-refractivity contribution is 0.246. The Labute approximate surface area is 154 Å². The predicted molar refractivity (Wildman–Crippen MR) is 99.6 cm³/mol. The van der Waals surface area contributed by atoms with Crippen LogP contribution in [0.3, 0.4) is 0 Å². The van der Waals surface area contributed by atoms with Gasteiger partial charge in [-0.15, -0.1) is 0 Å². The summed E-state index contributed by atoms with van der Waals surface area (Å²) < 4.78 is 2.08. The van der Waals surface area contributed by atoms with Crippen molar-refractivity contribution < 1.29 is 5.11 Å². The first-order valence-electron chi connectivity index (χ1n) is 7.98. The highest BCUT2D eigenvalue weighted by atomic mass is 35.5. The van der Waals surface area contributed by atoms with Crippen molar-refractivity contribution in [3.63, 3.8) is 0 Å². The first-order chi connectivity index (χ1) is 12.1. The summed E-state index contributed by atoms with van der Waals surface area (Å²) in [4.78, 5) is 6.70. The van der Waals surface area contributed by atoms with E-state index in [-0.39, 0.29) is 0 Å². The molecule has 0 radical (unpaired) electrons. The van der Waals surface area contributed by atoms with Crippen LogP contribution < -0.4 is 10.2 Å². The standard InChI is InChI=1S/C18H14Cl2N4O/c19-10-5-6-11(20)14(7-10)23-8-15(25)16-17(23)21-9-24-13-4-2-1-3-12(13)22-18(16)24/h1-7,15,21,25H,8-9H2. The summed E-state index contributed by atoms with van der Waals surface area (Å²) in [7, 11) is 0. The number of nitrogens with zero attached hydrogens (tertiary/aromatic N) is 3. The van der Waals surface area contributed by atoms with Crippen molar-refractivity contribution in [3.8, 4) is 0 Å². The van der Waals surface area contributed by atoms with Gasteiger partial charge in [0.2, 0.25) is 0 Å². The van der Waals surface area contributed by atoms with Crippen LogP contribution in [0.2, 0.25) is 10.0 Å². The normalized spacial score (nSPS) is 19.2. The van der Waals surface area contributed by atoms with Gasteiger partial charge in [0.1, 0.15) is 17.7 Å². The molecule has 25 heavy (non-hydrogen) atoms. The fraction of sp³-hybridized carbons (Fsp3) is 0.167. The molecule has 126 valence electrons. The van der Waals surface area contributed by atoms with Crippen LogP contribution in [0.1, 0.15) is 5.82 Å². The number of nitrogens with one attached hydrogen (secondary N) is 1. The van der Waals surface area contributed by atoms with E-state index < -0.39 is 6.10 Å². The molecule has 1 atom stereocenters. The number of hydrogen-bond donors (Lipinski definition) is 2. The minimum absolute atomic E-state index is 0.404. The van der Waals surface area contributed by atoms with Crippen molar-refractivity contribution in [1.82, 2.24) is 14.9 Å². The molecule has 1 unspecified atom stereocenters. The summed E-state index contributed by atoms with van der Waals surface area (Å²) in [5.41, 5.74) is 3.52. The Morgan fingerprint density at radius 3 is 2.88 bits per heavy atom. The van der Waals surface area contributed by atoms with Crippen LogP contribution in [0, 0.1) is 0 Å². The van der Waals surface area contributed by atoms with Gasteiger partial charge in [-0.25, -0.2) is 4.98 Å². The van der Waals surface area contributed by atoms with E-state index in [1.165, 1.54) is 0 Å². The Balaban J connectivity index is 1.69. The summed E-state index contributed by atoms with van der Waals surface area (Å²) in [5.74, 6) is 1.63. The second-order valence-electron chi connectivity index (χ2n) is 6.17. The number of benzene rings is 2. The van der Waals surface area contributed by atoms with E-state index in [0.29, 0.717) is 23.3 Å². The van der Waals surface area contributed by atoms with Gasteiger partial charge in [-0.1, -0.05) is 35.3 Å². The highest BCUT2D eigenvalue weighted by Crippen LogP contribution is 2.40. The number of hydrogen-bond acceptors (Lipinski definition) is 4. The number of aromatic nitrogens is 2. The van der Waals surface area contributed by atoms with E-state index in [4.69, 9.17) is 28.2 Å². The van der Waals surface area contributed by atoms with Crippen LogP contribution >= 0.6 is 23.2 Å². The molecular weight excluding hydrogens is 359 g/mol. The molecule has 0 saturated heterocycles. The lowest BCUT2D eigenvalue weighted by atomic mass is 10.1. The topological polar surface area (TPSA) is 53.3 Å². The first-order valence-corrected chi connectivity index (χ1v) is 8.73. The number of aliphatic hydroxyl groups excluding tert-OH is 1. The maximum atomic E-state index is 10.7. The number of anilines is 1. The fourth-order valence-electron chi connectivity index (χ4n) is 3.61. The van der Waals surface area contributed by atoms with E-state index in [2.05, 4.69) is 9.88 Å². The molecule has 1 aromatic heterocycles. The Kier molecular flexibility index (Phi) is 3.25. The van der Waals surface area contributed by atoms with Gasteiger partial charge in [-0.05, 0) is 30.3 Å². The van der Waals surface area contributed by atoms with E-state index in [9.17, 15) is 5.11 Å². The molecule has 0 bridgehead atoms. The van der Waals surface area contributed by atoms with Crippen molar-refractivity contribution in [3.05, 3.63) is 64.2 Å². The molecule has 2 aliphatic heterocycles. The average Bonchev–Trinajstić information content (AvgIpc) is 3.15. The van der Waals surface area contributed by atoms with Gasteiger partial charge in [-0.2, -0.15) is 0 Å². The van der Waals surface area contributed by atoms with Crippen LogP contribution in [-0.2, 0) is 6.67 Å². The average molecular weight is 373 g/mol. The van der Waals surface area contributed by atoms with E-state index >= 15 is 0 Å². The number of para-hydroxylation sites is 2. The Morgan fingerprint density at radius 2 is 2.00 bits per heavy atom. The third-order valence-electron chi connectivity index (χ3n) is 4.71. The van der Waals surface area contributed by atoms with E-state index in [1.807, 2.05) is 35.2 Å². The zero-order valence-corrected chi connectivity index (χ0v) is 14.6. The lowest BCUT2D eigenvalue weighted by Crippen LogP contribution is -2.33. The van der Waals surface area contributed by atoms with Gasteiger partial charge in [0, 0.05) is 5.02 Å². The molecule has 0 saturated carbocycles. The van der Waals surface area contributed by atoms with E-state index in [0.717, 1.165) is 33.9 Å². The van der Waals surface area contributed by atoms with Crippen LogP contribution in [-0.4, -0.2) is 27.3 Å².